The number of piperidine rings is 1. The molecule has 0 spiro atoms. The zero-order valence-electron chi connectivity index (χ0n) is 21.8. The monoisotopic (exact) mass is 542 g/mol. The Labute approximate surface area is 228 Å². The molecule has 4 rings (SSSR count). The molecule has 0 amide bonds. The number of thioether (sulfide) groups is 1. The number of aliphatic hydroxyl groups is 1. The smallest absolute Gasteiger partial charge is 0.303 e. The summed E-state index contributed by atoms with van der Waals surface area (Å²) in [7, 11) is 1.64. The summed E-state index contributed by atoms with van der Waals surface area (Å²) in [5.74, 6) is 1.90. The summed E-state index contributed by atoms with van der Waals surface area (Å²) in [6.45, 7) is 5.22. The van der Waals surface area contributed by atoms with Gasteiger partial charge in [-0.15, -0.1) is 23.1 Å². The quantitative estimate of drug-likeness (QED) is 0.191. The Hall–Kier alpha value is -2.13. The van der Waals surface area contributed by atoms with Crippen molar-refractivity contribution in [1.29, 1.82) is 0 Å². The molecule has 1 aromatic carbocycles. The second-order valence-corrected chi connectivity index (χ2v) is 12.3. The molecule has 200 valence electrons. The number of hydrogen-bond acceptors (Lipinski definition) is 7. The lowest BCUT2D eigenvalue weighted by atomic mass is 9.79. The number of hydrogen-bond donors (Lipinski definition) is 2. The van der Waals surface area contributed by atoms with E-state index in [9.17, 15) is 15.0 Å². The lowest BCUT2D eigenvalue weighted by Crippen LogP contribution is -2.41. The number of thiophene rings is 1. The first kappa shape index (κ1) is 27.9. The van der Waals surface area contributed by atoms with Gasteiger partial charge in [-0.3, -0.25) is 9.78 Å². The van der Waals surface area contributed by atoms with E-state index in [1.807, 2.05) is 47.4 Å². The minimum absolute atomic E-state index is 0.208. The first-order chi connectivity index (χ1) is 17.9. The van der Waals surface area contributed by atoms with Gasteiger partial charge in [-0.2, -0.15) is 0 Å². The molecule has 0 bridgehead atoms. The van der Waals surface area contributed by atoms with Crippen LogP contribution < -0.4 is 4.74 Å². The first-order valence-corrected chi connectivity index (χ1v) is 15.0. The van der Waals surface area contributed by atoms with Gasteiger partial charge in [0, 0.05) is 30.3 Å². The molecule has 1 aliphatic rings. The molecule has 0 saturated carbocycles. The van der Waals surface area contributed by atoms with E-state index in [1.54, 1.807) is 13.3 Å². The molecule has 3 atom stereocenters. The Kier molecular flexibility index (Phi) is 10.3. The molecule has 1 fully saturated rings. The number of fused-ring (bicyclic) bond motifs is 1. The maximum absolute atomic E-state index is 11.3. The largest absolute Gasteiger partial charge is 0.497 e. The number of aromatic nitrogens is 1. The van der Waals surface area contributed by atoms with Crippen LogP contribution in [0.2, 0.25) is 0 Å². The van der Waals surface area contributed by atoms with Crippen LogP contribution in [0.25, 0.3) is 10.9 Å². The van der Waals surface area contributed by atoms with Crippen LogP contribution in [-0.2, 0) is 4.79 Å². The summed E-state index contributed by atoms with van der Waals surface area (Å²) in [5, 5.41) is 23.5. The fourth-order valence-corrected chi connectivity index (χ4v) is 7.52. The number of aliphatic carboxylic acids is 1. The normalized spacial score (nSPS) is 19.2. The van der Waals surface area contributed by atoms with Gasteiger partial charge in [0.2, 0.25) is 0 Å². The number of likely N-dealkylation sites (tertiary alicyclic amines) is 1. The van der Waals surface area contributed by atoms with Crippen molar-refractivity contribution >= 4 is 40.0 Å². The number of pyridine rings is 1. The predicted molar refractivity (Wildman–Crippen MR) is 152 cm³/mol. The van der Waals surface area contributed by atoms with E-state index in [4.69, 9.17) is 4.74 Å². The minimum Gasteiger partial charge on any atom is -0.497 e. The molecular formula is C29H38N2O4S2. The van der Waals surface area contributed by atoms with Crippen LogP contribution in [0.1, 0.15) is 55.8 Å². The van der Waals surface area contributed by atoms with Gasteiger partial charge in [0.05, 0.1) is 22.9 Å². The number of ether oxygens (including phenoxy) is 1. The lowest BCUT2D eigenvalue weighted by molar-refractivity contribution is -0.137. The summed E-state index contributed by atoms with van der Waals surface area (Å²) in [5.41, 5.74) is 3.09. The number of methoxy groups -OCH3 is 1. The van der Waals surface area contributed by atoms with Crippen molar-refractivity contribution in [2.24, 2.45) is 11.8 Å². The number of benzene rings is 1. The summed E-state index contributed by atoms with van der Waals surface area (Å²) < 4.78 is 6.79. The van der Waals surface area contributed by atoms with E-state index in [-0.39, 0.29) is 6.42 Å². The van der Waals surface area contributed by atoms with Crippen LogP contribution in [0.3, 0.4) is 0 Å². The van der Waals surface area contributed by atoms with Gasteiger partial charge in [0.15, 0.2) is 0 Å². The zero-order chi connectivity index (χ0) is 26.2. The molecule has 6 nitrogen and oxygen atoms in total. The van der Waals surface area contributed by atoms with Crippen molar-refractivity contribution in [3.63, 3.8) is 0 Å². The number of aliphatic hydroxyl groups excluding tert-OH is 1. The summed E-state index contributed by atoms with van der Waals surface area (Å²) in [4.78, 5) is 18.3. The van der Waals surface area contributed by atoms with Crippen molar-refractivity contribution in [3.05, 3.63) is 53.0 Å². The highest BCUT2D eigenvalue weighted by Crippen LogP contribution is 2.35. The van der Waals surface area contributed by atoms with E-state index in [1.165, 1.54) is 9.77 Å². The van der Waals surface area contributed by atoms with E-state index in [0.29, 0.717) is 24.7 Å². The highest BCUT2D eigenvalue weighted by Gasteiger charge is 2.30. The minimum atomic E-state index is -0.726. The Morgan fingerprint density at radius 3 is 2.89 bits per heavy atom. The van der Waals surface area contributed by atoms with Gasteiger partial charge >= 0.3 is 5.97 Å². The first-order valence-electron chi connectivity index (χ1n) is 13.2. The van der Waals surface area contributed by atoms with Gasteiger partial charge in [0.1, 0.15) is 5.75 Å². The topological polar surface area (TPSA) is 82.9 Å². The molecule has 2 N–H and O–H groups in total. The van der Waals surface area contributed by atoms with Crippen molar-refractivity contribution in [2.45, 2.75) is 55.8 Å². The van der Waals surface area contributed by atoms with Crippen molar-refractivity contribution in [1.82, 2.24) is 9.88 Å². The van der Waals surface area contributed by atoms with Crippen LogP contribution in [0.5, 0.6) is 5.75 Å². The molecule has 37 heavy (non-hydrogen) atoms. The SMILES string of the molecule is COc1ccc2nccc([C@@H](O)CCC3CCN(CCCSc4sccc4C)CC3CCC(=O)O)c2c1. The molecule has 1 saturated heterocycles. The zero-order valence-corrected chi connectivity index (χ0v) is 23.4. The lowest BCUT2D eigenvalue weighted by Gasteiger charge is -2.39. The highest BCUT2D eigenvalue weighted by molar-refractivity contribution is 8.01. The van der Waals surface area contributed by atoms with Gasteiger partial charge < -0.3 is 19.8 Å². The molecule has 3 heterocycles. The predicted octanol–water partition coefficient (Wildman–Crippen LogP) is 6.41. The standard InChI is InChI=1S/C29H38N2O4S2/c1-20-12-17-37-29(20)36-16-3-14-31-15-11-21(22(19-31)5-9-28(33)34)4-8-27(32)24-10-13-30-26-7-6-23(35-2)18-25(24)26/h6-7,10,12-13,17-18,21-22,27,32H,3-5,8-9,11,14-16,19H2,1-2H3,(H,33,34)/t21?,22?,27-/m0/s1. The molecule has 1 aliphatic heterocycles. The molecule has 0 radical (unpaired) electrons. The molecule has 3 aromatic rings. The van der Waals surface area contributed by atoms with Gasteiger partial charge in [-0.05, 0) is 111 Å². The third kappa shape index (κ3) is 7.69. The maximum atomic E-state index is 11.3. The van der Waals surface area contributed by atoms with Gasteiger partial charge in [-0.1, -0.05) is 0 Å². The van der Waals surface area contributed by atoms with E-state index in [2.05, 4.69) is 28.3 Å². The van der Waals surface area contributed by atoms with Crippen LogP contribution >= 0.6 is 23.1 Å². The fourth-order valence-electron chi connectivity index (χ4n) is 5.43. The van der Waals surface area contributed by atoms with E-state index >= 15 is 0 Å². The Balaban J connectivity index is 1.32. The Bertz CT molecular complexity index is 1170. The number of carbonyl (C=O) groups is 1. The third-order valence-electron chi connectivity index (χ3n) is 7.52. The molecule has 8 heteroatoms. The molecule has 0 aliphatic carbocycles. The second-order valence-electron chi connectivity index (χ2n) is 10.0. The summed E-state index contributed by atoms with van der Waals surface area (Å²) in [6, 6.07) is 9.81. The van der Waals surface area contributed by atoms with Crippen molar-refractivity contribution < 1.29 is 19.7 Å². The number of carboxylic acid groups (broad SMARTS) is 1. The van der Waals surface area contributed by atoms with Crippen molar-refractivity contribution in [3.8, 4) is 5.75 Å². The maximum Gasteiger partial charge on any atom is 0.303 e. The summed E-state index contributed by atoms with van der Waals surface area (Å²) >= 11 is 3.76. The number of nitrogens with zero attached hydrogens (tertiary/aromatic N) is 2. The van der Waals surface area contributed by atoms with Crippen LogP contribution in [-0.4, -0.2) is 58.6 Å². The molecular weight excluding hydrogens is 504 g/mol. The van der Waals surface area contributed by atoms with Crippen LogP contribution in [0.4, 0.5) is 0 Å². The molecule has 2 aromatic heterocycles. The molecule has 2 unspecified atom stereocenters. The number of aryl methyl sites for hydroxylation is 1. The second kappa shape index (κ2) is 13.6. The van der Waals surface area contributed by atoms with E-state index in [0.717, 1.165) is 66.9 Å². The van der Waals surface area contributed by atoms with Crippen LogP contribution in [0, 0.1) is 18.8 Å². The van der Waals surface area contributed by atoms with Crippen LogP contribution in [0.15, 0.2) is 46.1 Å². The summed E-state index contributed by atoms with van der Waals surface area (Å²) in [6.07, 6.45) is 5.80. The van der Waals surface area contributed by atoms with Gasteiger partial charge in [-0.25, -0.2) is 0 Å². The number of rotatable bonds is 13. The average Bonchev–Trinajstić information content (AvgIpc) is 3.32. The average molecular weight is 543 g/mol. The number of carboxylic acids is 1. The third-order valence-corrected chi connectivity index (χ3v) is 10.1. The highest BCUT2D eigenvalue weighted by atomic mass is 32.2. The Morgan fingerprint density at radius 1 is 1.27 bits per heavy atom. The fraction of sp³-hybridized carbons (Fsp3) is 0.517. The van der Waals surface area contributed by atoms with Crippen molar-refractivity contribution in [2.75, 3.05) is 32.5 Å². The van der Waals surface area contributed by atoms with Gasteiger partial charge in [0.25, 0.3) is 0 Å². The Morgan fingerprint density at radius 2 is 2.14 bits per heavy atom. The van der Waals surface area contributed by atoms with E-state index < -0.39 is 12.1 Å².